The van der Waals surface area contributed by atoms with Crippen LogP contribution >= 0.6 is 12.6 Å². The standard InChI is InChI=1S/C18H28O3S.C9H19NOS/c1-3-4-5-6-7-8-11-22(19)15(2)12-16-9-10-17-18(13-16)21-14-20-17;1-3-5-7-10(9(11)12)8-6-4-2/h9-10,13,15H,3-8,11-12,14H2,1-2H3;3-8H2,1-2H3,(H,11,12). The van der Waals surface area contributed by atoms with E-state index in [2.05, 4.69) is 40.3 Å². The first-order valence-electron chi connectivity index (χ1n) is 13.2. The van der Waals surface area contributed by atoms with E-state index < -0.39 is 11.2 Å². The molecule has 0 N–H and O–H groups in total. The van der Waals surface area contributed by atoms with Crippen molar-refractivity contribution in [2.75, 3.05) is 25.6 Å². The van der Waals surface area contributed by atoms with E-state index in [4.69, 9.17) is 9.47 Å². The Kier molecular flexibility index (Phi) is 17.5. The minimum Gasteiger partial charge on any atom is -0.616 e. The first-order valence-corrected chi connectivity index (χ1v) is 15.0. The van der Waals surface area contributed by atoms with Gasteiger partial charge in [-0.25, -0.2) is 0 Å². The van der Waals surface area contributed by atoms with Crippen LogP contribution in [0.25, 0.3) is 0 Å². The van der Waals surface area contributed by atoms with Gasteiger partial charge in [0, 0.05) is 19.5 Å². The second-order valence-corrected chi connectivity index (χ2v) is 11.4. The van der Waals surface area contributed by atoms with Gasteiger partial charge in [0.15, 0.2) is 11.5 Å². The normalized spacial score (nSPS) is 13.7. The molecule has 0 radical (unpaired) electrons. The molecule has 2 unspecified atom stereocenters. The molecule has 0 aliphatic carbocycles. The Bertz CT molecular complexity index is 666. The van der Waals surface area contributed by atoms with Crippen molar-refractivity contribution in [1.82, 2.24) is 4.90 Å². The molecule has 1 aliphatic rings. The fourth-order valence-electron chi connectivity index (χ4n) is 3.72. The van der Waals surface area contributed by atoms with Crippen LogP contribution in [0.4, 0.5) is 4.79 Å². The van der Waals surface area contributed by atoms with Gasteiger partial charge in [-0.05, 0) is 50.3 Å². The average molecular weight is 514 g/mol. The van der Waals surface area contributed by atoms with E-state index in [1.807, 2.05) is 23.1 Å². The van der Waals surface area contributed by atoms with Crippen molar-refractivity contribution < 1.29 is 18.8 Å². The number of thiol groups is 1. The molecule has 0 saturated heterocycles. The molecule has 1 amide bonds. The molecular weight excluding hydrogens is 466 g/mol. The first-order chi connectivity index (χ1) is 16.4. The summed E-state index contributed by atoms with van der Waals surface area (Å²) in [6.07, 6.45) is 12.7. The van der Waals surface area contributed by atoms with E-state index in [0.717, 1.165) is 68.9 Å². The zero-order valence-corrected chi connectivity index (χ0v) is 23.6. The largest absolute Gasteiger partial charge is 0.616 e. The predicted octanol–water partition coefficient (Wildman–Crippen LogP) is 7.39. The maximum atomic E-state index is 12.3. The summed E-state index contributed by atoms with van der Waals surface area (Å²) < 4.78 is 23.0. The van der Waals surface area contributed by atoms with Crippen LogP contribution in [-0.2, 0) is 17.6 Å². The van der Waals surface area contributed by atoms with Gasteiger partial charge in [-0.3, -0.25) is 4.79 Å². The highest BCUT2D eigenvalue weighted by Gasteiger charge is 2.19. The fourth-order valence-corrected chi connectivity index (χ4v) is 5.19. The highest BCUT2D eigenvalue weighted by molar-refractivity contribution is 7.96. The molecule has 0 fully saturated rings. The quantitative estimate of drug-likeness (QED) is 0.142. The van der Waals surface area contributed by atoms with Gasteiger partial charge in [0.25, 0.3) is 5.24 Å². The molecular formula is C27H47NO4S2. The van der Waals surface area contributed by atoms with E-state index >= 15 is 0 Å². The van der Waals surface area contributed by atoms with Crippen molar-refractivity contribution in [3.8, 4) is 11.5 Å². The Morgan fingerprint density at radius 2 is 1.56 bits per heavy atom. The minimum absolute atomic E-state index is 0.0862. The lowest BCUT2D eigenvalue weighted by molar-refractivity contribution is 0.174. The van der Waals surface area contributed by atoms with E-state index in [1.54, 1.807) is 0 Å². The lowest BCUT2D eigenvalue weighted by atomic mass is 10.1. The Balaban J connectivity index is 0.000000411. The summed E-state index contributed by atoms with van der Waals surface area (Å²) in [7, 11) is 0. The van der Waals surface area contributed by atoms with Crippen molar-refractivity contribution >= 4 is 29.0 Å². The van der Waals surface area contributed by atoms with Crippen LogP contribution in [0.5, 0.6) is 11.5 Å². The van der Waals surface area contributed by atoms with Crippen molar-refractivity contribution in [3.05, 3.63) is 23.8 Å². The minimum atomic E-state index is -0.743. The number of unbranched alkanes of at least 4 members (excludes halogenated alkanes) is 7. The predicted molar refractivity (Wildman–Crippen MR) is 148 cm³/mol. The Morgan fingerprint density at radius 3 is 2.18 bits per heavy atom. The third kappa shape index (κ3) is 13.1. The molecule has 34 heavy (non-hydrogen) atoms. The van der Waals surface area contributed by atoms with Gasteiger partial charge < -0.3 is 18.9 Å². The lowest BCUT2D eigenvalue weighted by Gasteiger charge is -2.19. The molecule has 0 saturated carbocycles. The highest BCUT2D eigenvalue weighted by Crippen LogP contribution is 2.33. The average Bonchev–Trinajstić information content (AvgIpc) is 3.29. The zero-order valence-electron chi connectivity index (χ0n) is 21.9. The third-order valence-corrected chi connectivity index (χ3v) is 7.98. The molecule has 1 aromatic rings. The van der Waals surface area contributed by atoms with E-state index in [-0.39, 0.29) is 10.5 Å². The van der Waals surface area contributed by atoms with Crippen LogP contribution < -0.4 is 9.47 Å². The van der Waals surface area contributed by atoms with Gasteiger partial charge in [0.1, 0.15) is 11.0 Å². The molecule has 0 aromatic heterocycles. The van der Waals surface area contributed by atoms with Gasteiger partial charge in [-0.2, -0.15) is 0 Å². The number of nitrogens with zero attached hydrogens (tertiary/aromatic N) is 1. The Hall–Kier alpha value is -1.05. The second kappa shape index (κ2) is 19.2. The number of amides is 1. The number of fused-ring (bicyclic) bond motifs is 1. The Labute approximate surface area is 216 Å². The number of carbonyl (C=O) groups excluding carboxylic acids is 1. The maximum absolute atomic E-state index is 12.3. The van der Waals surface area contributed by atoms with Gasteiger partial charge in [0.2, 0.25) is 6.79 Å². The number of hydrogen-bond donors (Lipinski definition) is 1. The number of hydrogen-bond acceptors (Lipinski definition) is 4. The molecule has 2 atom stereocenters. The first kappa shape index (κ1) is 31.0. The van der Waals surface area contributed by atoms with Crippen LogP contribution in [0.15, 0.2) is 18.2 Å². The summed E-state index contributed by atoms with van der Waals surface area (Å²) >= 11 is 3.08. The van der Waals surface area contributed by atoms with Crippen LogP contribution in [0.3, 0.4) is 0 Å². The molecule has 2 rings (SSSR count). The van der Waals surface area contributed by atoms with Crippen molar-refractivity contribution in [2.45, 2.75) is 104 Å². The van der Waals surface area contributed by atoms with E-state index in [0.29, 0.717) is 6.79 Å². The molecule has 5 nitrogen and oxygen atoms in total. The zero-order chi connectivity index (χ0) is 25.2. The molecule has 0 spiro atoms. The maximum Gasteiger partial charge on any atom is 0.278 e. The van der Waals surface area contributed by atoms with Crippen molar-refractivity contribution in [3.63, 3.8) is 0 Å². The van der Waals surface area contributed by atoms with E-state index in [1.165, 1.54) is 37.7 Å². The third-order valence-electron chi connectivity index (χ3n) is 5.94. The summed E-state index contributed by atoms with van der Waals surface area (Å²) in [6.45, 7) is 10.6. The smallest absolute Gasteiger partial charge is 0.278 e. The van der Waals surface area contributed by atoms with Gasteiger partial charge in [-0.1, -0.05) is 89.2 Å². The van der Waals surface area contributed by atoms with Crippen molar-refractivity contribution in [1.29, 1.82) is 0 Å². The van der Waals surface area contributed by atoms with Crippen LogP contribution in [0.2, 0.25) is 0 Å². The molecule has 1 aliphatic heterocycles. The lowest BCUT2D eigenvalue weighted by Crippen LogP contribution is -2.28. The Morgan fingerprint density at radius 1 is 0.971 bits per heavy atom. The van der Waals surface area contributed by atoms with Crippen LogP contribution in [-0.4, -0.2) is 45.6 Å². The van der Waals surface area contributed by atoms with Gasteiger partial charge in [-0.15, -0.1) is 0 Å². The van der Waals surface area contributed by atoms with Gasteiger partial charge >= 0.3 is 0 Å². The highest BCUT2D eigenvalue weighted by atomic mass is 32.2. The SMILES string of the molecule is CCCCCCCC[S+]([O-])C(C)Cc1ccc2c(c1)OCO2.CCCCN(CCCC)C(=O)S. The van der Waals surface area contributed by atoms with Crippen molar-refractivity contribution in [2.24, 2.45) is 0 Å². The molecule has 1 heterocycles. The molecule has 0 bridgehead atoms. The topological polar surface area (TPSA) is 61.8 Å². The number of ether oxygens (including phenoxy) is 2. The monoisotopic (exact) mass is 513 g/mol. The van der Waals surface area contributed by atoms with Crippen LogP contribution in [0.1, 0.15) is 97.5 Å². The molecule has 1 aromatic carbocycles. The number of carbonyl (C=O) groups is 1. The summed E-state index contributed by atoms with van der Waals surface area (Å²) in [4.78, 5) is 12.8. The fraction of sp³-hybridized carbons (Fsp3) is 0.741. The van der Waals surface area contributed by atoms with E-state index in [9.17, 15) is 9.35 Å². The number of benzene rings is 1. The molecule has 7 heteroatoms. The summed E-state index contributed by atoms with van der Waals surface area (Å²) in [5, 5.41) is 0.105. The van der Waals surface area contributed by atoms with Gasteiger partial charge in [0.05, 0.1) is 0 Å². The summed E-state index contributed by atoms with van der Waals surface area (Å²) in [6, 6.07) is 6.01. The van der Waals surface area contributed by atoms with Crippen LogP contribution in [0, 0.1) is 0 Å². The number of rotatable bonds is 16. The molecule has 196 valence electrons. The second-order valence-electron chi connectivity index (χ2n) is 9.03. The summed E-state index contributed by atoms with van der Waals surface area (Å²) in [5.41, 5.74) is 1.17. The summed E-state index contributed by atoms with van der Waals surface area (Å²) in [5.74, 6) is 2.45.